The molecule has 0 aliphatic carbocycles. The van der Waals surface area contributed by atoms with Crippen LogP contribution in [-0.2, 0) is 6.54 Å². The number of nitrogens with one attached hydrogen (secondary N) is 1. The van der Waals surface area contributed by atoms with Gasteiger partial charge in [-0.1, -0.05) is 29.8 Å². The molecule has 3 heterocycles. The molecular weight excluding hydrogens is 362 g/mol. The van der Waals surface area contributed by atoms with Gasteiger partial charge in [0.2, 0.25) is 5.95 Å². The Morgan fingerprint density at radius 3 is 2.28 bits per heavy atom. The average Bonchev–Trinajstić information content (AvgIpc) is 2.74. The minimum atomic E-state index is 0.476. The second-order valence-electron chi connectivity index (χ2n) is 6.80. The van der Waals surface area contributed by atoms with E-state index in [0.717, 1.165) is 33.8 Å². The third-order valence-electron chi connectivity index (χ3n) is 4.47. The number of nitrogens with zero attached hydrogens (tertiary/aromatic N) is 5. The first kappa shape index (κ1) is 18.5. The normalized spacial score (nSPS) is 10.7. The molecule has 0 bridgehead atoms. The maximum Gasteiger partial charge on any atom is 0.223 e. The van der Waals surface area contributed by atoms with Gasteiger partial charge in [0.1, 0.15) is 5.82 Å². The summed E-state index contributed by atoms with van der Waals surface area (Å²) in [4.78, 5) is 22.1. The number of benzene rings is 1. The molecule has 0 saturated carbocycles. The zero-order valence-electron chi connectivity index (χ0n) is 16.3. The minimum absolute atomic E-state index is 0.476. The van der Waals surface area contributed by atoms with Crippen molar-refractivity contribution in [2.75, 3.05) is 11.1 Å². The highest BCUT2D eigenvalue weighted by molar-refractivity contribution is 5.80. The fourth-order valence-corrected chi connectivity index (χ4v) is 2.85. The van der Waals surface area contributed by atoms with Gasteiger partial charge >= 0.3 is 0 Å². The van der Waals surface area contributed by atoms with Crippen molar-refractivity contribution in [2.45, 2.75) is 20.4 Å². The number of aromatic nitrogens is 5. The van der Waals surface area contributed by atoms with Crippen LogP contribution in [-0.4, -0.2) is 24.9 Å². The fourth-order valence-electron chi connectivity index (χ4n) is 2.85. The number of pyridine rings is 1. The van der Waals surface area contributed by atoms with Gasteiger partial charge in [-0.3, -0.25) is 9.97 Å². The highest BCUT2D eigenvalue weighted by Crippen LogP contribution is 2.31. The van der Waals surface area contributed by atoms with Gasteiger partial charge in [0.25, 0.3) is 0 Å². The van der Waals surface area contributed by atoms with Crippen molar-refractivity contribution in [3.8, 4) is 22.4 Å². The third kappa shape index (κ3) is 4.35. The smallest absolute Gasteiger partial charge is 0.223 e. The monoisotopic (exact) mass is 383 g/mol. The van der Waals surface area contributed by atoms with E-state index in [1.54, 1.807) is 30.9 Å². The molecule has 0 fully saturated rings. The highest BCUT2D eigenvalue weighted by atomic mass is 15.1. The Balaban J connectivity index is 1.69. The summed E-state index contributed by atoms with van der Waals surface area (Å²) >= 11 is 0. The first-order valence-electron chi connectivity index (χ1n) is 9.26. The third-order valence-corrected chi connectivity index (χ3v) is 4.47. The lowest BCUT2D eigenvalue weighted by atomic mass is 10.0. The van der Waals surface area contributed by atoms with Crippen molar-refractivity contribution < 1.29 is 0 Å². The van der Waals surface area contributed by atoms with E-state index < -0.39 is 0 Å². The molecule has 0 unspecified atom stereocenters. The van der Waals surface area contributed by atoms with Crippen LogP contribution >= 0.6 is 0 Å². The van der Waals surface area contributed by atoms with Crippen molar-refractivity contribution in [1.82, 2.24) is 24.9 Å². The van der Waals surface area contributed by atoms with Crippen LogP contribution < -0.4 is 11.1 Å². The Hall–Kier alpha value is -3.87. The van der Waals surface area contributed by atoms with Gasteiger partial charge in [0.05, 0.1) is 29.8 Å². The molecular formula is C22H21N7. The number of hydrogen-bond acceptors (Lipinski definition) is 7. The van der Waals surface area contributed by atoms with E-state index in [2.05, 4.69) is 56.4 Å². The largest absolute Gasteiger partial charge is 0.384 e. The van der Waals surface area contributed by atoms with Gasteiger partial charge < -0.3 is 11.1 Å². The predicted molar refractivity (Wildman–Crippen MR) is 114 cm³/mol. The molecule has 4 rings (SSSR count). The summed E-state index contributed by atoms with van der Waals surface area (Å²) in [5.41, 5.74) is 12.3. The number of hydrogen-bond donors (Lipinski definition) is 2. The predicted octanol–water partition coefficient (Wildman–Crippen LogP) is 3.81. The molecule has 7 heteroatoms. The SMILES string of the molecule is Cc1ccc(-c2nc(NCc3cnc(C)cn3)ncc2-c2ccc(N)nc2)cc1. The molecule has 29 heavy (non-hydrogen) atoms. The van der Waals surface area contributed by atoms with Crippen LogP contribution in [0.1, 0.15) is 17.0 Å². The zero-order valence-corrected chi connectivity index (χ0v) is 16.3. The van der Waals surface area contributed by atoms with Crippen LogP contribution in [0.2, 0.25) is 0 Å². The van der Waals surface area contributed by atoms with E-state index in [0.29, 0.717) is 18.3 Å². The van der Waals surface area contributed by atoms with Gasteiger partial charge in [-0.05, 0) is 26.0 Å². The van der Waals surface area contributed by atoms with Gasteiger partial charge in [-0.25, -0.2) is 15.0 Å². The Bertz CT molecular complexity index is 1110. The van der Waals surface area contributed by atoms with E-state index in [1.807, 2.05) is 13.0 Å². The number of rotatable bonds is 5. The molecule has 1 aromatic carbocycles. The Morgan fingerprint density at radius 1 is 0.793 bits per heavy atom. The van der Waals surface area contributed by atoms with E-state index in [-0.39, 0.29) is 0 Å². The molecule has 4 aromatic rings. The highest BCUT2D eigenvalue weighted by Gasteiger charge is 2.12. The minimum Gasteiger partial charge on any atom is -0.384 e. The number of anilines is 2. The van der Waals surface area contributed by atoms with Crippen LogP contribution in [0.3, 0.4) is 0 Å². The van der Waals surface area contributed by atoms with Crippen LogP contribution in [0.5, 0.6) is 0 Å². The van der Waals surface area contributed by atoms with E-state index in [1.165, 1.54) is 5.56 Å². The number of nitrogens with two attached hydrogens (primary N) is 1. The van der Waals surface area contributed by atoms with E-state index >= 15 is 0 Å². The van der Waals surface area contributed by atoms with Gasteiger partial charge in [0.15, 0.2) is 0 Å². The second-order valence-corrected chi connectivity index (χ2v) is 6.80. The summed E-state index contributed by atoms with van der Waals surface area (Å²) in [6, 6.07) is 11.9. The molecule has 0 aliphatic rings. The Kier molecular flexibility index (Phi) is 5.11. The molecule has 3 N–H and O–H groups in total. The first-order chi connectivity index (χ1) is 14.1. The molecule has 7 nitrogen and oxygen atoms in total. The average molecular weight is 383 g/mol. The summed E-state index contributed by atoms with van der Waals surface area (Å²) in [6.07, 6.45) is 7.03. The van der Waals surface area contributed by atoms with Crippen LogP contribution in [0.25, 0.3) is 22.4 Å². The van der Waals surface area contributed by atoms with Gasteiger partial charge in [-0.15, -0.1) is 0 Å². The first-order valence-corrected chi connectivity index (χ1v) is 9.26. The fraction of sp³-hybridized carbons (Fsp3) is 0.136. The van der Waals surface area contributed by atoms with Gasteiger partial charge in [-0.2, -0.15) is 0 Å². The summed E-state index contributed by atoms with van der Waals surface area (Å²) in [5, 5.41) is 3.23. The lowest BCUT2D eigenvalue weighted by Crippen LogP contribution is -2.07. The van der Waals surface area contributed by atoms with Crippen molar-refractivity contribution >= 4 is 11.8 Å². The lowest BCUT2D eigenvalue weighted by molar-refractivity contribution is 0.963. The number of aryl methyl sites for hydroxylation is 2. The van der Waals surface area contributed by atoms with Crippen molar-refractivity contribution in [3.05, 3.63) is 78.1 Å². The molecule has 0 spiro atoms. The molecule has 0 amide bonds. The standard InChI is InChI=1S/C22H21N7/c1-14-3-5-16(6-4-14)21-19(17-7-8-20(23)26-10-17)13-28-22(29-21)27-12-18-11-24-15(2)9-25-18/h3-11,13H,12H2,1-2H3,(H2,23,26)(H,27,28,29). The molecule has 144 valence electrons. The molecule has 0 atom stereocenters. The van der Waals surface area contributed by atoms with Gasteiger partial charge in [0, 0.05) is 35.3 Å². The molecule has 0 aliphatic heterocycles. The summed E-state index contributed by atoms with van der Waals surface area (Å²) in [5.74, 6) is 0.999. The topological polar surface area (TPSA) is 102 Å². The van der Waals surface area contributed by atoms with Crippen molar-refractivity contribution in [3.63, 3.8) is 0 Å². The molecule has 0 saturated heterocycles. The number of nitrogen functional groups attached to an aromatic ring is 1. The Morgan fingerprint density at radius 2 is 1.59 bits per heavy atom. The summed E-state index contributed by atoms with van der Waals surface area (Å²) < 4.78 is 0. The quantitative estimate of drug-likeness (QED) is 0.540. The van der Waals surface area contributed by atoms with Crippen LogP contribution in [0.15, 0.2) is 61.2 Å². The van der Waals surface area contributed by atoms with Crippen molar-refractivity contribution in [1.29, 1.82) is 0 Å². The summed E-state index contributed by atoms with van der Waals surface area (Å²) in [6.45, 7) is 4.46. The van der Waals surface area contributed by atoms with Crippen LogP contribution in [0.4, 0.5) is 11.8 Å². The molecule has 3 aromatic heterocycles. The zero-order chi connectivity index (χ0) is 20.2. The van der Waals surface area contributed by atoms with Crippen LogP contribution in [0, 0.1) is 13.8 Å². The maximum absolute atomic E-state index is 5.74. The maximum atomic E-state index is 5.74. The van der Waals surface area contributed by atoms with E-state index in [4.69, 9.17) is 10.7 Å². The lowest BCUT2D eigenvalue weighted by Gasteiger charge is -2.12. The molecule has 0 radical (unpaired) electrons. The van der Waals surface area contributed by atoms with Crippen molar-refractivity contribution in [2.24, 2.45) is 0 Å². The Labute approximate surface area is 169 Å². The second kappa shape index (κ2) is 8.02. The summed E-state index contributed by atoms with van der Waals surface area (Å²) in [7, 11) is 0. The van der Waals surface area contributed by atoms with E-state index in [9.17, 15) is 0 Å².